The Morgan fingerprint density at radius 3 is 0.621 bits per heavy atom. The van der Waals surface area contributed by atoms with Gasteiger partial charge in [-0.05, 0) is 267 Å². The molecule has 12 aromatic carbocycles. The van der Waals surface area contributed by atoms with E-state index in [9.17, 15) is 61.5 Å². The Morgan fingerprint density at radius 1 is 0.174 bits per heavy atom. The van der Waals surface area contributed by atoms with Gasteiger partial charge in [0.25, 0.3) is 0 Å². The van der Waals surface area contributed by atoms with E-state index in [4.69, 9.17) is 0 Å². The van der Waals surface area contributed by atoms with Crippen molar-refractivity contribution >= 4 is 0 Å². The summed E-state index contributed by atoms with van der Waals surface area (Å²) in [6.07, 6.45) is 24.1. The minimum atomic E-state index is -1.01. The number of rotatable bonds is 5. The minimum absolute atomic E-state index is 0.0504. The molecule has 0 spiro atoms. The lowest BCUT2D eigenvalue weighted by atomic mass is 9.84. The van der Waals surface area contributed by atoms with Crippen LogP contribution in [0.25, 0.3) is 55.6 Å². The smallest absolute Gasteiger partial charge is 0.167 e. The Kier molecular flexibility index (Phi) is 45.5. The average molecular weight is 1820 g/mol. The number of allylic oxidation sites excluding steroid dienone is 2. The summed E-state index contributed by atoms with van der Waals surface area (Å²) >= 11 is 0. The number of aryl methyl sites for hydroxylation is 14. The Bertz CT molecular complexity index is 5320. The molecule has 0 heterocycles. The lowest BCUT2D eigenvalue weighted by molar-refractivity contribution is 0.308. The van der Waals surface area contributed by atoms with Crippen LogP contribution >= 0.6 is 0 Å². The molecule has 0 amide bonds. The summed E-state index contributed by atoms with van der Waals surface area (Å²) in [5.41, 5.74) is 14.0. The quantitative estimate of drug-likeness (QED) is 0.119. The number of halogens is 14. The van der Waals surface area contributed by atoms with E-state index in [1.165, 1.54) is 195 Å². The second-order valence-electron chi connectivity index (χ2n) is 37.4. The van der Waals surface area contributed by atoms with Crippen LogP contribution in [0.5, 0.6) is 0 Å². The standard InChI is InChI=1S/3C14H11F3.2C14H12F2.C8H9F.3C8H16.C8H14.C8H10/c2*1-8-3-5-10(7-12(8)15)11-6-4-9(2)13(16)14(11)17;1-8-3-5-10(12(15)7-8)11-6-4-9(2)13(16)14(11)17;2*1-9-3-6-11(7-4-9)12-8-5-10(2)13(15)14(12)16;1-6-3-4-7(2)8(9)5-6;5*1-7-3-5-8(2)6-4-7/h3*3-7H,1-2H3;2*3-8H,1-2H3;3-5H,1-2H3;3*7-8H,3-6H2,1-2H3;3,8H,4-6H2,1-2H3;3-6H,1-2H3. The van der Waals surface area contributed by atoms with Crippen LogP contribution in [0.15, 0.2) is 218 Å². The zero-order valence-electron chi connectivity index (χ0n) is 81.6. The molecule has 14 heteroatoms. The van der Waals surface area contributed by atoms with Crippen molar-refractivity contribution in [1.29, 1.82) is 0 Å². The first kappa shape index (κ1) is 110. The molecule has 3 saturated carbocycles. The molecule has 12 aromatic rings. The largest absolute Gasteiger partial charge is 0.207 e. The van der Waals surface area contributed by atoms with E-state index >= 15 is 0 Å². The lowest BCUT2D eigenvalue weighted by Crippen LogP contribution is -2.08. The molecule has 0 bridgehead atoms. The fraction of sp³-hybridized carbons (Fsp3) is 0.373. The molecule has 708 valence electrons. The third-order valence-corrected chi connectivity index (χ3v) is 24.8. The van der Waals surface area contributed by atoms with Gasteiger partial charge in [0.2, 0.25) is 0 Å². The molecule has 0 aliphatic heterocycles. The Morgan fingerprint density at radius 2 is 0.379 bits per heavy atom. The van der Waals surface area contributed by atoms with Crippen molar-refractivity contribution in [2.75, 3.05) is 0 Å². The van der Waals surface area contributed by atoms with E-state index in [1.807, 2.05) is 51.1 Å². The van der Waals surface area contributed by atoms with Crippen LogP contribution in [0.4, 0.5) is 61.5 Å². The van der Waals surface area contributed by atoms with Crippen LogP contribution in [0.3, 0.4) is 0 Å². The first-order valence-electron chi connectivity index (χ1n) is 46.4. The van der Waals surface area contributed by atoms with Crippen molar-refractivity contribution in [2.45, 2.75) is 249 Å². The summed E-state index contributed by atoms with van der Waals surface area (Å²) in [6, 6.07) is 56.6. The molecule has 132 heavy (non-hydrogen) atoms. The molecule has 0 aromatic heterocycles. The fourth-order valence-corrected chi connectivity index (χ4v) is 14.9. The first-order chi connectivity index (χ1) is 62.3. The third kappa shape index (κ3) is 35.7. The van der Waals surface area contributed by atoms with Gasteiger partial charge in [0.1, 0.15) is 23.3 Å². The normalized spacial score (nSPS) is 16.9. The third-order valence-electron chi connectivity index (χ3n) is 24.8. The van der Waals surface area contributed by atoms with Crippen molar-refractivity contribution < 1.29 is 61.5 Å². The molecular formula is C118H138F14. The zero-order valence-corrected chi connectivity index (χ0v) is 81.6. The maximum Gasteiger partial charge on any atom is 0.167 e. The van der Waals surface area contributed by atoms with Crippen LogP contribution < -0.4 is 0 Å². The molecular weight excluding hydrogens is 1680 g/mol. The molecule has 0 N–H and O–H groups in total. The second-order valence-corrected chi connectivity index (χ2v) is 37.4. The van der Waals surface area contributed by atoms with Gasteiger partial charge >= 0.3 is 0 Å². The first-order valence-corrected chi connectivity index (χ1v) is 46.4. The summed E-state index contributed by atoms with van der Waals surface area (Å²) in [7, 11) is 0. The van der Waals surface area contributed by atoms with Crippen LogP contribution in [0.1, 0.15) is 230 Å². The van der Waals surface area contributed by atoms with Crippen molar-refractivity contribution in [1.82, 2.24) is 0 Å². The van der Waals surface area contributed by atoms with Gasteiger partial charge in [-0.25, -0.2) is 61.5 Å². The summed E-state index contributed by atoms with van der Waals surface area (Å²) in [5, 5.41) is 0. The van der Waals surface area contributed by atoms with Gasteiger partial charge in [-0.1, -0.05) is 341 Å². The van der Waals surface area contributed by atoms with Crippen LogP contribution in [-0.4, -0.2) is 0 Å². The summed E-state index contributed by atoms with van der Waals surface area (Å²) < 4.78 is 188. The minimum Gasteiger partial charge on any atom is -0.207 e. The number of benzene rings is 12. The van der Waals surface area contributed by atoms with Gasteiger partial charge in [-0.2, -0.15) is 0 Å². The SMILES string of the molecule is CC1=CCC(C)CC1.CC1CCC(C)CC1.CC1CCC(C)CC1.CC1CCC(C)CC1.Cc1ccc(-c2ccc(C)c(F)c2F)c(F)c1.Cc1ccc(-c2ccc(C)c(F)c2F)cc1.Cc1ccc(-c2ccc(C)c(F)c2F)cc1.Cc1ccc(-c2ccc(C)c(F)c2F)cc1F.Cc1ccc(-c2ccc(C)c(F)c2F)cc1F.Cc1ccc(C)c(F)c1.Cc1ccc(C)cc1. The molecule has 3 fully saturated rings. The monoisotopic (exact) mass is 1820 g/mol. The molecule has 16 rings (SSSR count). The molecule has 0 nitrogen and oxygen atoms in total. The zero-order chi connectivity index (χ0) is 97.9. The molecule has 4 aliphatic carbocycles. The highest BCUT2D eigenvalue weighted by Crippen LogP contribution is 2.36. The van der Waals surface area contributed by atoms with Gasteiger partial charge in [0, 0.05) is 33.4 Å². The van der Waals surface area contributed by atoms with E-state index in [2.05, 4.69) is 99.6 Å². The van der Waals surface area contributed by atoms with E-state index in [0.29, 0.717) is 61.2 Å². The van der Waals surface area contributed by atoms with Gasteiger partial charge < -0.3 is 0 Å². The lowest BCUT2D eigenvalue weighted by Gasteiger charge is -2.22. The fourth-order valence-electron chi connectivity index (χ4n) is 14.9. The molecule has 0 saturated heterocycles. The van der Waals surface area contributed by atoms with Gasteiger partial charge in [0.15, 0.2) is 58.2 Å². The Labute approximate surface area is 780 Å². The molecule has 4 aliphatic rings. The summed E-state index contributed by atoms with van der Waals surface area (Å²) in [6.45, 7) is 43.0. The molecule has 0 radical (unpaired) electrons. The van der Waals surface area contributed by atoms with Gasteiger partial charge in [-0.15, -0.1) is 0 Å². The predicted octanol–water partition coefficient (Wildman–Crippen LogP) is 37.7. The molecule has 1 unspecified atom stereocenters. The predicted molar refractivity (Wildman–Crippen MR) is 525 cm³/mol. The van der Waals surface area contributed by atoms with Gasteiger partial charge in [-0.3, -0.25) is 0 Å². The Balaban J connectivity index is 0.000000227. The highest BCUT2D eigenvalue weighted by molar-refractivity contribution is 5.69. The summed E-state index contributed by atoms with van der Waals surface area (Å²) in [5.74, 6) is -3.12. The topological polar surface area (TPSA) is 0 Å². The molecule has 1 atom stereocenters. The van der Waals surface area contributed by atoms with E-state index in [-0.39, 0.29) is 44.8 Å². The number of hydrogen-bond donors (Lipinski definition) is 0. The Hall–Kier alpha value is -10.6. The highest BCUT2D eigenvalue weighted by Gasteiger charge is 2.21. The average Bonchev–Trinajstić information content (AvgIpc) is 0.819. The van der Waals surface area contributed by atoms with Crippen LogP contribution in [0.2, 0.25) is 0 Å². The van der Waals surface area contributed by atoms with E-state index in [1.54, 1.807) is 132 Å². The second kappa shape index (κ2) is 54.5. The van der Waals surface area contributed by atoms with Crippen LogP contribution in [0, 0.1) is 220 Å². The van der Waals surface area contributed by atoms with Crippen molar-refractivity contribution in [3.8, 4) is 55.6 Å². The van der Waals surface area contributed by atoms with Crippen LogP contribution in [-0.2, 0) is 0 Å². The van der Waals surface area contributed by atoms with E-state index < -0.39 is 75.6 Å². The highest BCUT2D eigenvalue weighted by atomic mass is 19.2. The maximum absolute atomic E-state index is 13.7. The van der Waals surface area contributed by atoms with Crippen molar-refractivity contribution in [2.24, 2.45) is 41.4 Å². The summed E-state index contributed by atoms with van der Waals surface area (Å²) in [4.78, 5) is 0. The van der Waals surface area contributed by atoms with Gasteiger partial charge in [0.05, 0.1) is 0 Å². The van der Waals surface area contributed by atoms with E-state index in [0.717, 1.165) is 63.7 Å². The number of hydrogen-bond acceptors (Lipinski definition) is 0. The van der Waals surface area contributed by atoms with Crippen molar-refractivity contribution in [3.05, 3.63) is 377 Å². The van der Waals surface area contributed by atoms with Crippen molar-refractivity contribution in [3.63, 3.8) is 0 Å². The maximum atomic E-state index is 13.7.